The van der Waals surface area contributed by atoms with Crippen LogP contribution in [0, 0.1) is 6.92 Å². The van der Waals surface area contributed by atoms with Gasteiger partial charge in [-0.3, -0.25) is 4.72 Å². The van der Waals surface area contributed by atoms with Gasteiger partial charge >= 0.3 is 0 Å². The summed E-state index contributed by atoms with van der Waals surface area (Å²) < 4.78 is 29.1. The second kappa shape index (κ2) is 3.83. The van der Waals surface area contributed by atoms with Crippen molar-refractivity contribution in [2.24, 2.45) is 0 Å². The number of rotatable bonds is 3. The third-order valence-electron chi connectivity index (χ3n) is 1.59. The fourth-order valence-electron chi connectivity index (χ4n) is 0.948. The molecule has 0 radical (unpaired) electrons. The first kappa shape index (κ1) is 10.8. The summed E-state index contributed by atoms with van der Waals surface area (Å²) in [6.07, 6.45) is 2.52. The Kier molecular flexibility index (Phi) is 2.95. The number of hydrogen-bond acceptors (Lipinski definition) is 4. The smallest absolute Gasteiger partial charge is 0.229 e. The highest BCUT2D eigenvalue weighted by Gasteiger charge is 2.06. The van der Waals surface area contributed by atoms with Crippen molar-refractivity contribution in [3.8, 4) is 5.88 Å². The van der Waals surface area contributed by atoms with Gasteiger partial charge in [0.15, 0.2) is 0 Å². The Bertz CT molecular complexity index is 428. The monoisotopic (exact) mass is 216 g/mol. The van der Waals surface area contributed by atoms with Crippen LogP contribution in [-0.4, -0.2) is 26.8 Å². The van der Waals surface area contributed by atoms with Gasteiger partial charge in [-0.1, -0.05) is 0 Å². The summed E-state index contributed by atoms with van der Waals surface area (Å²) in [5.74, 6) is 0.460. The van der Waals surface area contributed by atoms with E-state index in [-0.39, 0.29) is 0 Å². The van der Waals surface area contributed by atoms with Crippen molar-refractivity contribution in [3.63, 3.8) is 0 Å². The first-order chi connectivity index (χ1) is 6.42. The van der Waals surface area contributed by atoms with E-state index in [1.54, 1.807) is 13.0 Å². The molecule has 1 aromatic heterocycles. The summed E-state index contributed by atoms with van der Waals surface area (Å²) in [5.41, 5.74) is 1.23. The Balaban J connectivity index is 3.01. The first-order valence-corrected chi connectivity index (χ1v) is 5.80. The topological polar surface area (TPSA) is 68.3 Å². The van der Waals surface area contributed by atoms with Crippen molar-refractivity contribution < 1.29 is 13.2 Å². The number of ether oxygens (including phenoxy) is 1. The maximum atomic E-state index is 10.9. The van der Waals surface area contributed by atoms with Crippen molar-refractivity contribution in [1.29, 1.82) is 0 Å². The third-order valence-corrected chi connectivity index (χ3v) is 2.18. The van der Waals surface area contributed by atoms with Crippen LogP contribution in [0.5, 0.6) is 5.88 Å². The predicted molar refractivity (Wildman–Crippen MR) is 54.0 cm³/mol. The van der Waals surface area contributed by atoms with Gasteiger partial charge in [-0.2, -0.15) is 0 Å². The molecule has 0 amide bonds. The molecule has 0 aliphatic rings. The molecule has 1 rings (SSSR count). The normalized spacial score (nSPS) is 11.1. The maximum absolute atomic E-state index is 10.9. The summed E-state index contributed by atoms with van der Waals surface area (Å²) >= 11 is 0. The lowest BCUT2D eigenvalue weighted by molar-refractivity contribution is 0.397. The van der Waals surface area contributed by atoms with Gasteiger partial charge in [0.1, 0.15) is 0 Å². The average Bonchev–Trinajstić information content (AvgIpc) is 2.06. The number of hydrogen-bond donors (Lipinski definition) is 1. The van der Waals surface area contributed by atoms with Gasteiger partial charge in [-0.05, 0) is 12.5 Å². The molecule has 0 aromatic carbocycles. The summed E-state index contributed by atoms with van der Waals surface area (Å²) in [5, 5.41) is 0. The second-order valence-corrected chi connectivity index (χ2v) is 4.66. The van der Waals surface area contributed by atoms with Crippen LogP contribution in [-0.2, 0) is 10.0 Å². The lowest BCUT2D eigenvalue weighted by Crippen LogP contribution is -2.10. The zero-order valence-electron chi connectivity index (χ0n) is 8.23. The van der Waals surface area contributed by atoms with Gasteiger partial charge in [-0.15, -0.1) is 0 Å². The molecule has 78 valence electrons. The Labute approximate surface area is 83.2 Å². The summed E-state index contributed by atoms with van der Waals surface area (Å²) in [6.45, 7) is 1.78. The molecule has 0 aliphatic carbocycles. The first-order valence-electron chi connectivity index (χ1n) is 3.91. The van der Waals surface area contributed by atoms with Crippen LogP contribution >= 0.6 is 0 Å². The SMILES string of the molecule is COc1cc(C)c(NS(C)(=O)=O)cn1. The lowest BCUT2D eigenvalue weighted by Gasteiger charge is -2.07. The Morgan fingerprint density at radius 1 is 1.50 bits per heavy atom. The molecule has 0 fully saturated rings. The standard InChI is InChI=1S/C8H12N2O3S/c1-6-4-8(13-2)9-5-7(6)10-14(3,11)12/h4-5,10H,1-3H3. The number of sulfonamides is 1. The molecule has 14 heavy (non-hydrogen) atoms. The van der Waals surface area contributed by atoms with E-state index in [9.17, 15) is 8.42 Å². The summed E-state index contributed by atoms with van der Waals surface area (Å²) in [7, 11) is -1.74. The van der Waals surface area contributed by atoms with E-state index in [4.69, 9.17) is 4.74 Å². The van der Waals surface area contributed by atoms with Crippen molar-refractivity contribution in [2.75, 3.05) is 18.1 Å². The van der Waals surface area contributed by atoms with Crippen LogP contribution in [0.25, 0.3) is 0 Å². The van der Waals surface area contributed by atoms with E-state index in [0.29, 0.717) is 11.6 Å². The van der Waals surface area contributed by atoms with E-state index in [1.165, 1.54) is 13.3 Å². The average molecular weight is 216 g/mol. The van der Waals surface area contributed by atoms with Gasteiger partial charge in [0.2, 0.25) is 15.9 Å². The van der Waals surface area contributed by atoms with Crippen molar-refractivity contribution >= 4 is 15.7 Å². The zero-order valence-corrected chi connectivity index (χ0v) is 9.05. The number of aryl methyl sites for hydroxylation is 1. The Morgan fingerprint density at radius 3 is 2.57 bits per heavy atom. The van der Waals surface area contributed by atoms with Gasteiger partial charge in [0.25, 0.3) is 0 Å². The van der Waals surface area contributed by atoms with E-state index >= 15 is 0 Å². The van der Waals surface area contributed by atoms with E-state index in [0.717, 1.165) is 11.8 Å². The number of nitrogens with one attached hydrogen (secondary N) is 1. The molecular formula is C8H12N2O3S. The van der Waals surface area contributed by atoms with Gasteiger partial charge in [0, 0.05) is 6.07 Å². The number of methoxy groups -OCH3 is 1. The van der Waals surface area contributed by atoms with Crippen LogP contribution in [0.1, 0.15) is 5.56 Å². The molecule has 1 heterocycles. The third kappa shape index (κ3) is 2.88. The number of anilines is 1. The molecule has 5 nitrogen and oxygen atoms in total. The maximum Gasteiger partial charge on any atom is 0.229 e. The number of pyridine rings is 1. The van der Waals surface area contributed by atoms with Crippen LogP contribution in [0.2, 0.25) is 0 Å². The molecule has 6 heteroatoms. The Morgan fingerprint density at radius 2 is 2.14 bits per heavy atom. The highest BCUT2D eigenvalue weighted by molar-refractivity contribution is 7.92. The Hall–Kier alpha value is -1.30. The van der Waals surface area contributed by atoms with Crippen LogP contribution in [0.3, 0.4) is 0 Å². The zero-order chi connectivity index (χ0) is 10.8. The summed E-state index contributed by atoms with van der Waals surface area (Å²) in [4.78, 5) is 3.89. The molecule has 0 saturated carbocycles. The molecular weight excluding hydrogens is 204 g/mol. The molecule has 1 N–H and O–H groups in total. The number of aromatic nitrogens is 1. The van der Waals surface area contributed by atoms with E-state index in [2.05, 4.69) is 9.71 Å². The minimum atomic E-state index is -3.25. The fraction of sp³-hybridized carbons (Fsp3) is 0.375. The fourth-order valence-corrected chi connectivity index (χ4v) is 1.56. The molecule has 0 aliphatic heterocycles. The minimum Gasteiger partial charge on any atom is -0.481 e. The van der Waals surface area contributed by atoms with Crippen molar-refractivity contribution in [2.45, 2.75) is 6.92 Å². The highest BCUT2D eigenvalue weighted by Crippen LogP contribution is 2.18. The van der Waals surface area contributed by atoms with Crippen LogP contribution in [0.4, 0.5) is 5.69 Å². The quantitative estimate of drug-likeness (QED) is 0.810. The van der Waals surface area contributed by atoms with E-state index in [1.807, 2.05) is 0 Å². The molecule has 0 atom stereocenters. The molecule has 0 bridgehead atoms. The largest absolute Gasteiger partial charge is 0.481 e. The number of nitrogens with zero attached hydrogens (tertiary/aromatic N) is 1. The van der Waals surface area contributed by atoms with Crippen molar-refractivity contribution in [3.05, 3.63) is 17.8 Å². The van der Waals surface area contributed by atoms with Gasteiger partial charge in [-0.25, -0.2) is 13.4 Å². The molecule has 1 aromatic rings. The second-order valence-electron chi connectivity index (χ2n) is 2.92. The molecule has 0 spiro atoms. The van der Waals surface area contributed by atoms with Gasteiger partial charge < -0.3 is 4.74 Å². The van der Waals surface area contributed by atoms with Crippen molar-refractivity contribution in [1.82, 2.24) is 4.98 Å². The molecule has 0 saturated heterocycles. The van der Waals surface area contributed by atoms with Crippen LogP contribution < -0.4 is 9.46 Å². The molecule has 0 unspecified atom stereocenters. The lowest BCUT2D eigenvalue weighted by atomic mass is 10.2. The minimum absolute atomic E-state index is 0.460. The summed E-state index contributed by atoms with van der Waals surface area (Å²) in [6, 6.07) is 1.66. The predicted octanol–water partition coefficient (Wildman–Crippen LogP) is 0.770. The highest BCUT2D eigenvalue weighted by atomic mass is 32.2. The van der Waals surface area contributed by atoms with Gasteiger partial charge in [0.05, 0.1) is 25.2 Å². The van der Waals surface area contributed by atoms with E-state index < -0.39 is 10.0 Å². The van der Waals surface area contributed by atoms with Crippen LogP contribution in [0.15, 0.2) is 12.3 Å².